The number of methoxy groups -OCH3 is 1. The van der Waals surface area contributed by atoms with Crippen LogP contribution in [-0.4, -0.2) is 27.0 Å². The standard InChI is InChI=1S/C20H18N6O3S/c1-3-12-4-6-13(7-5-12)23-18-17(26(27)28)19(22-11-21-18)25-20-24-15-9-8-14(29-2)10-16(15)30-20/h4-11H,3H2,1-2H3,(H2,21,22,23,24,25). The number of hydrogen-bond donors (Lipinski definition) is 2. The number of ether oxygens (including phenoxy) is 1. The van der Waals surface area contributed by atoms with E-state index in [1.165, 1.54) is 23.2 Å². The fourth-order valence-electron chi connectivity index (χ4n) is 2.88. The number of nitrogens with zero attached hydrogens (tertiary/aromatic N) is 4. The minimum atomic E-state index is -0.512. The Labute approximate surface area is 175 Å². The number of benzene rings is 2. The maximum atomic E-state index is 11.8. The van der Waals surface area contributed by atoms with Crippen LogP contribution in [0.1, 0.15) is 12.5 Å². The number of aryl methyl sites for hydroxylation is 1. The van der Waals surface area contributed by atoms with Gasteiger partial charge in [0, 0.05) is 5.69 Å². The summed E-state index contributed by atoms with van der Waals surface area (Å²) in [5.74, 6) is 0.879. The zero-order chi connectivity index (χ0) is 21.1. The summed E-state index contributed by atoms with van der Waals surface area (Å²) in [7, 11) is 1.59. The van der Waals surface area contributed by atoms with Crippen LogP contribution in [0.15, 0.2) is 48.8 Å². The normalized spacial score (nSPS) is 10.7. The smallest absolute Gasteiger partial charge is 0.353 e. The Hall–Kier alpha value is -3.79. The van der Waals surface area contributed by atoms with Gasteiger partial charge in [-0.05, 0) is 42.3 Å². The van der Waals surface area contributed by atoms with Crippen LogP contribution in [0.4, 0.5) is 28.1 Å². The molecule has 0 unspecified atom stereocenters. The van der Waals surface area contributed by atoms with E-state index < -0.39 is 4.92 Å². The van der Waals surface area contributed by atoms with Gasteiger partial charge in [0.25, 0.3) is 0 Å². The van der Waals surface area contributed by atoms with E-state index in [0.29, 0.717) is 16.6 Å². The first-order valence-electron chi connectivity index (χ1n) is 9.14. The van der Waals surface area contributed by atoms with E-state index in [1.54, 1.807) is 7.11 Å². The molecule has 152 valence electrons. The Morgan fingerprint density at radius 2 is 1.83 bits per heavy atom. The maximum absolute atomic E-state index is 11.8. The number of rotatable bonds is 7. The lowest BCUT2D eigenvalue weighted by molar-refractivity contribution is -0.383. The quantitative estimate of drug-likeness (QED) is 0.314. The summed E-state index contributed by atoms with van der Waals surface area (Å²) < 4.78 is 6.12. The molecule has 2 N–H and O–H groups in total. The second-order valence-electron chi connectivity index (χ2n) is 6.33. The fraction of sp³-hybridized carbons (Fsp3) is 0.150. The Kier molecular flexibility index (Phi) is 5.40. The first-order chi connectivity index (χ1) is 14.6. The summed E-state index contributed by atoms with van der Waals surface area (Å²) in [5.41, 5.74) is 2.38. The number of thiazole rings is 1. The van der Waals surface area contributed by atoms with Crippen LogP contribution in [0, 0.1) is 10.1 Å². The van der Waals surface area contributed by atoms with Gasteiger partial charge in [0.15, 0.2) is 5.13 Å². The molecule has 0 radical (unpaired) electrons. The van der Waals surface area contributed by atoms with Crippen molar-refractivity contribution in [3.8, 4) is 5.75 Å². The second kappa shape index (κ2) is 8.29. The predicted octanol–water partition coefficient (Wildman–Crippen LogP) is 5.05. The first-order valence-corrected chi connectivity index (χ1v) is 9.96. The number of fused-ring (bicyclic) bond motifs is 1. The minimum absolute atomic E-state index is 0.0636. The van der Waals surface area contributed by atoms with Crippen LogP contribution in [0.5, 0.6) is 5.75 Å². The largest absolute Gasteiger partial charge is 0.497 e. The van der Waals surface area contributed by atoms with Crippen molar-refractivity contribution < 1.29 is 9.66 Å². The van der Waals surface area contributed by atoms with Crippen LogP contribution in [0.2, 0.25) is 0 Å². The number of hydrogen-bond acceptors (Lipinski definition) is 9. The predicted molar refractivity (Wildman–Crippen MR) is 117 cm³/mol. The van der Waals surface area contributed by atoms with Crippen LogP contribution < -0.4 is 15.4 Å². The Bertz CT molecular complexity index is 1210. The molecule has 0 aliphatic rings. The molecule has 0 aliphatic carbocycles. The van der Waals surface area contributed by atoms with Gasteiger partial charge in [-0.3, -0.25) is 10.1 Å². The number of nitrogens with one attached hydrogen (secondary N) is 2. The molecule has 0 fully saturated rings. The average Bonchev–Trinajstić information content (AvgIpc) is 3.15. The highest BCUT2D eigenvalue weighted by Crippen LogP contribution is 2.36. The summed E-state index contributed by atoms with van der Waals surface area (Å²) in [6, 6.07) is 13.1. The van der Waals surface area contributed by atoms with Gasteiger partial charge in [0.2, 0.25) is 11.6 Å². The molecule has 30 heavy (non-hydrogen) atoms. The zero-order valence-electron chi connectivity index (χ0n) is 16.2. The van der Waals surface area contributed by atoms with Crippen molar-refractivity contribution >= 4 is 49.7 Å². The van der Waals surface area contributed by atoms with Gasteiger partial charge in [-0.2, -0.15) is 0 Å². The van der Waals surface area contributed by atoms with E-state index in [1.807, 2.05) is 42.5 Å². The molecule has 9 nitrogen and oxygen atoms in total. The molecule has 10 heteroatoms. The summed E-state index contributed by atoms with van der Waals surface area (Å²) in [5, 5.41) is 18.2. The lowest BCUT2D eigenvalue weighted by Crippen LogP contribution is -2.05. The van der Waals surface area contributed by atoms with E-state index in [2.05, 4.69) is 32.5 Å². The second-order valence-corrected chi connectivity index (χ2v) is 7.36. The topological polar surface area (TPSA) is 115 Å². The monoisotopic (exact) mass is 422 g/mol. The molecule has 0 bridgehead atoms. The number of anilines is 4. The van der Waals surface area contributed by atoms with E-state index in [4.69, 9.17) is 4.74 Å². The highest BCUT2D eigenvalue weighted by molar-refractivity contribution is 7.22. The molecule has 0 spiro atoms. The maximum Gasteiger partial charge on any atom is 0.353 e. The average molecular weight is 422 g/mol. The SMILES string of the molecule is CCc1ccc(Nc2ncnc(Nc3nc4ccc(OC)cc4s3)c2[N+](=O)[O-])cc1. The lowest BCUT2D eigenvalue weighted by Gasteiger charge is -2.09. The summed E-state index contributed by atoms with van der Waals surface area (Å²) in [4.78, 5) is 23.9. The highest BCUT2D eigenvalue weighted by atomic mass is 32.1. The third-order valence-electron chi connectivity index (χ3n) is 4.45. The van der Waals surface area contributed by atoms with Gasteiger partial charge in [-0.1, -0.05) is 30.4 Å². The fourth-order valence-corrected chi connectivity index (χ4v) is 3.78. The van der Waals surface area contributed by atoms with Crippen molar-refractivity contribution in [1.82, 2.24) is 15.0 Å². The van der Waals surface area contributed by atoms with Gasteiger partial charge in [0.05, 0.1) is 22.2 Å². The Morgan fingerprint density at radius 3 is 2.50 bits per heavy atom. The molecule has 0 amide bonds. The lowest BCUT2D eigenvalue weighted by atomic mass is 10.1. The first kappa shape index (κ1) is 19.5. The molecule has 2 heterocycles. The van der Waals surface area contributed by atoms with Crippen molar-refractivity contribution in [2.45, 2.75) is 13.3 Å². The van der Waals surface area contributed by atoms with Crippen molar-refractivity contribution in [3.63, 3.8) is 0 Å². The number of nitro groups is 1. The Balaban J connectivity index is 1.66. The third-order valence-corrected chi connectivity index (χ3v) is 5.38. The molecule has 4 aromatic rings. The van der Waals surface area contributed by atoms with E-state index in [-0.39, 0.29) is 17.3 Å². The van der Waals surface area contributed by atoms with Crippen molar-refractivity contribution in [3.05, 3.63) is 64.5 Å². The summed E-state index contributed by atoms with van der Waals surface area (Å²) in [6.07, 6.45) is 2.18. The van der Waals surface area contributed by atoms with Gasteiger partial charge < -0.3 is 15.4 Å². The Morgan fingerprint density at radius 1 is 1.10 bits per heavy atom. The van der Waals surface area contributed by atoms with E-state index in [9.17, 15) is 10.1 Å². The highest BCUT2D eigenvalue weighted by Gasteiger charge is 2.24. The van der Waals surface area contributed by atoms with Crippen LogP contribution >= 0.6 is 11.3 Å². The molecule has 2 aromatic heterocycles. The zero-order valence-corrected chi connectivity index (χ0v) is 17.1. The van der Waals surface area contributed by atoms with Crippen LogP contribution in [0.3, 0.4) is 0 Å². The van der Waals surface area contributed by atoms with Gasteiger partial charge in [0.1, 0.15) is 12.1 Å². The van der Waals surface area contributed by atoms with Crippen molar-refractivity contribution in [2.75, 3.05) is 17.7 Å². The van der Waals surface area contributed by atoms with Crippen molar-refractivity contribution in [1.29, 1.82) is 0 Å². The van der Waals surface area contributed by atoms with Gasteiger partial charge >= 0.3 is 5.69 Å². The molecular formula is C20H18N6O3S. The molecule has 4 rings (SSSR count). The molecule has 0 saturated heterocycles. The molecule has 2 aromatic carbocycles. The number of aromatic nitrogens is 3. The van der Waals surface area contributed by atoms with Gasteiger partial charge in [-0.15, -0.1) is 0 Å². The summed E-state index contributed by atoms with van der Waals surface area (Å²) in [6.45, 7) is 2.06. The van der Waals surface area contributed by atoms with E-state index in [0.717, 1.165) is 16.6 Å². The third kappa shape index (κ3) is 3.98. The minimum Gasteiger partial charge on any atom is -0.497 e. The summed E-state index contributed by atoms with van der Waals surface area (Å²) >= 11 is 1.35. The molecule has 0 atom stereocenters. The van der Waals surface area contributed by atoms with E-state index >= 15 is 0 Å². The molecule has 0 saturated carbocycles. The van der Waals surface area contributed by atoms with Crippen LogP contribution in [-0.2, 0) is 6.42 Å². The van der Waals surface area contributed by atoms with Crippen molar-refractivity contribution in [2.24, 2.45) is 0 Å². The molecular weight excluding hydrogens is 404 g/mol. The van der Waals surface area contributed by atoms with Gasteiger partial charge in [-0.25, -0.2) is 15.0 Å². The molecule has 0 aliphatic heterocycles. The van der Waals surface area contributed by atoms with Crippen LogP contribution in [0.25, 0.3) is 10.2 Å².